The highest BCUT2D eigenvalue weighted by atomic mass is 16.5. The molecule has 20 heavy (non-hydrogen) atoms. The SMILES string of the molecule is Cc1noc(C)c1C(C)CC(=O)N(C)CC(O)C1CC1. The summed E-state index contributed by atoms with van der Waals surface area (Å²) in [4.78, 5) is 13.9. The second kappa shape index (κ2) is 5.95. The van der Waals surface area contributed by atoms with Crippen molar-refractivity contribution in [2.75, 3.05) is 13.6 Å². The van der Waals surface area contributed by atoms with Crippen molar-refractivity contribution in [3.63, 3.8) is 0 Å². The number of rotatable bonds is 6. The Morgan fingerprint density at radius 2 is 2.15 bits per heavy atom. The minimum absolute atomic E-state index is 0.0530. The Morgan fingerprint density at radius 1 is 1.50 bits per heavy atom. The number of likely N-dealkylation sites (N-methyl/N-ethyl adjacent to an activating group) is 1. The van der Waals surface area contributed by atoms with E-state index in [1.807, 2.05) is 20.8 Å². The minimum Gasteiger partial charge on any atom is -0.391 e. The van der Waals surface area contributed by atoms with Gasteiger partial charge in [-0.3, -0.25) is 4.79 Å². The monoisotopic (exact) mass is 280 g/mol. The van der Waals surface area contributed by atoms with E-state index in [1.165, 1.54) is 0 Å². The average Bonchev–Trinajstić information content (AvgIpc) is 3.16. The molecule has 1 aromatic rings. The van der Waals surface area contributed by atoms with Crippen molar-refractivity contribution in [2.45, 2.75) is 52.1 Å². The van der Waals surface area contributed by atoms with Crippen molar-refractivity contribution in [3.05, 3.63) is 17.0 Å². The Hall–Kier alpha value is -1.36. The van der Waals surface area contributed by atoms with Crippen LogP contribution in [-0.4, -0.2) is 40.8 Å². The van der Waals surface area contributed by atoms with Crippen LogP contribution in [0.15, 0.2) is 4.52 Å². The molecule has 1 N–H and O–H groups in total. The van der Waals surface area contributed by atoms with Crippen LogP contribution in [0.3, 0.4) is 0 Å². The second-order valence-corrected chi connectivity index (χ2v) is 6.02. The Morgan fingerprint density at radius 3 is 2.65 bits per heavy atom. The second-order valence-electron chi connectivity index (χ2n) is 6.02. The number of amides is 1. The fourth-order valence-electron chi connectivity index (χ4n) is 2.73. The first-order valence-electron chi connectivity index (χ1n) is 7.25. The number of carbonyl (C=O) groups is 1. The van der Waals surface area contributed by atoms with Crippen LogP contribution in [0.5, 0.6) is 0 Å². The number of aromatic nitrogens is 1. The average molecular weight is 280 g/mol. The van der Waals surface area contributed by atoms with Gasteiger partial charge in [-0.05, 0) is 38.5 Å². The molecule has 0 saturated heterocycles. The van der Waals surface area contributed by atoms with Crippen LogP contribution >= 0.6 is 0 Å². The number of hydrogen-bond acceptors (Lipinski definition) is 4. The third-order valence-electron chi connectivity index (χ3n) is 4.12. The van der Waals surface area contributed by atoms with Crippen molar-refractivity contribution in [1.29, 1.82) is 0 Å². The van der Waals surface area contributed by atoms with E-state index in [9.17, 15) is 9.90 Å². The van der Waals surface area contributed by atoms with Gasteiger partial charge in [-0.25, -0.2) is 0 Å². The lowest BCUT2D eigenvalue weighted by Crippen LogP contribution is -2.35. The van der Waals surface area contributed by atoms with Crippen LogP contribution < -0.4 is 0 Å². The summed E-state index contributed by atoms with van der Waals surface area (Å²) in [6, 6.07) is 0. The maximum atomic E-state index is 12.2. The Balaban J connectivity index is 1.89. The lowest BCUT2D eigenvalue weighted by molar-refractivity contribution is -0.131. The zero-order valence-corrected chi connectivity index (χ0v) is 12.7. The first-order valence-corrected chi connectivity index (χ1v) is 7.25. The molecular weight excluding hydrogens is 256 g/mol. The maximum Gasteiger partial charge on any atom is 0.223 e. The van der Waals surface area contributed by atoms with Crippen molar-refractivity contribution in [3.8, 4) is 0 Å². The van der Waals surface area contributed by atoms with Crippen LogP contribution in [0, 0.1) is 19.8 Å². The van der Waals surface area contributed by atoms with E-state index < -0.39 is 0 Å². The van der Waals surface area contributed by atoms with Gasteiger partial charge in [0.15, 0.2) is 0 Å². The van der Waals surface area contributed by atoms with Gasteiger partial charge in [0.1, 0.15) is 5.76 Å². The van der Waals surface area contributed by atoms with Crippen LogP contribution in [0.25, 0.3) is 0 Å². The molecule has 5 nitrogen and oxygen atoms in total. The number of aryl methyl sites for hydroxylation is 2. The van der Waals surface area contributed by atoms with E-state index >= 15 is 0 Å². The van der Waals surface area contributed by atoms with Gasteiger partial charge in [0, 0.05) is 25.6 Å². The van der Waals surface area contributed by atoms with E-state index in [4.69, 9.17) is 4.52 Å². The smallest absolute Gasteiger partial charge is 0.223 e. The van der Waals surface area contributed by atoms with Gasteiger partial charge in [-0.15, -0.1) is 0 Å². The van der Waals surface area contributed by atoms with E-state index in [0.717, 1.165) is 29.9 Å². The lowest BCUT2D eigenvalue weighted by atomic mass is 9.95. The third-order valence-corrected chi connectivity index (χ3v) is 4.12. The van der Waals surface area contributed by atoms with E-state index in [2.05, 4.69) is 5.16 Å². The predicted molar refractivity (Wildman–Crippen MR) is 75.4 cm³/mol. The van der Waals surface area contributed by atoms with E-state index in [1.54, 1.807) is 11.9 Å². The van der Waals surface area contributed by atoms with E-state index in [-0.39, 0.29) is 17.9 Å². The van der Waals surface area contributed by atoms with Crippen LogP contribution in [0.4, 0.5) is 0 Å². The summed E-state index contributed by atoms with van der Waals surface area (Å²) < 4.78 is 5.15. The number of hydrogen-bond donors (Lipinski definition) is 1. The molecule has 0 radical (unpaired) electrons. The number of aliphatic hydroxyl groups is 1. The Kier molecular flexibility index (Phi) is 4.48. The molecule has 112 valence electrons. The van der Waals surface area contributed by atoms with Gasteiger partial charge in [-0.2, -0.15) is 0 Å². The number of nitrogens with zero attached hydrogens (tertiary/aromatic N) is 2. The predicted octanol–water partition coefficient (Wildman–Crippen LogP) is 2.01. The lowest BCUT2D eigenvalue weighted by Gasteiger charge is -2.22. The number of carbonyl (C=O) groups excluding carboxylic acids is 1. The topological polar surface area (TPSA) is 66.6 Å². The molecule has 0 aromatic carbocycles. The van der Waals surface area contributed by atoms with Crippen LogP contribution in [-0.2, 0) is 4.79 Å². The highest BCUT2D eigenvalue weighted by molar-refractivity contribution is 5.76. The maximum absolute atomic E-state index is 12.2. The van der Waals surface area contributed by atoms with Crippen LogP contribution in [0.1, 0.15) is 49.1 Å². The van der Waals surface area contributed by atoms with Crippen molar-refractivity contribution in [1.82, 2.24) is 10.1 Å². The zero-order chi connectivity index (χ0) is 14.9. The summed E-state index contributed by atoms with van der Waals surface area (Å²) in [5, 5.41) is 13.8. The quantitative estimate of drug-likeness (QED) is 0.865. The third kappa shape index (κ3) is 3.39. The highest BCUT2D eigenvalue weighted by Gasteiger charge is 2.31. The Bertz CT molecular complexity index is 460. The molecule has 1 saturated carbocycles. The fraction of sp³-hybridized carbons (Fsp3) is 0.733. The summed E-state index contributed by atoms with van der Waals surface area (Å²) in [5.41, 5.74) is 1.87. The van der Waals surface area contributed by atoms with Gasteiger partial charge >= 0.3 is 0 Å². The summed E-state index contributed by atoms with van der Waals surface area (Å²) in [5.74, 6) is 1.31. The summed E-state index contributed by atoms with van der Waals surface area (Å²) in [6.07, 6.45) is 2.20. The molecule has 5 heteroatoms. The molecule has 1 aliphatic carbocycles. The van der Waals surface area contributed by atoms with Gasteiger partial charge in [0.25, 0.3) is 0 Å². The molecule has 1 heterocycles. The number of aliphatic hydroxyl groups excluding tert-OH is 1. The minimum atomic E-state index is -0.377. The molecule has 0 spiro atoms. The van der Waals surface area contributed by atoms with E-state index in [0.29, 0.717) is 18.9 Å². The van der Waals surface area contributed by atoms with Gasteiger partial charge in [-0.1, -0.05) is 12.1 Å². The molecule has 1 aromatic heterocycles. The Labute approximate surface area is 119 Å². The highest BCUT2D eigenvalue weighted by Crippen LogP contribution is 2.33. The van der Waals surface area contributed by atoms with Gasteiger partial charge < -0.3 is 14.5 Å². The molecule has 1 aliphatic rings. The first kappa shape index (κ1) is 15.0. The van der Waals surface area contributed by atoms with Gasteiger partial charge in [0.2, 0.25) is 5.91 Å². The fourth-order valence-corrected chi connectivity index (χ4v) is 2.73. The van der Waals surface area contributed by atoms with Crippen LogP contribution in [0.2, 0.25) is 0 Å². The first-order chi connectivity index (χ1) is 9.40. The summed E-state index contributed by atoms with van der Waals surface area (Å²) in [6.45, 7) is 6.21. The zero-order valence-electron chi connectivity index (χ0n) is 12.7. The standard InChI is InChI=1S/C15H24N2O3/c1-9(15-10(2)16-20-11(15)3)7-14(19)17(4)8-13(18)12-5-6-12/h9,12-13,18H,5-8H2,1-4H3. The summed E-state index contributed by atoms with van der Waals surface area (Å²) in [7, 11) is 1.76. The molecule has 2 atom stereocenters. The molecular formula is C15H24N2O3. The van der Waals surface area contributed by atoms with Gasteiger partial charge in [0.05, 0.1) is 11.8 Å². The van der Waals surface area contributed by atoms with Crippen molar-refractivity contribution < 1.29 is 14.4 Å². The molecule has 0 aliphatic heterocycles. The van der Waals surface area contributed by atoms with Crippen molar-refractivity contribution >= 4 is 5.91 Å². The van der Waals surface area contributed by atoms with Crippen molar-refractivity contribution in [2.24, 2.45) is 5.92 Å². The molecule has 1 fully saturated rings. The normalized spacial score (nSPS) is 17.9. The molecule has 0 bridgehead atoms. The molecule has 1 amide bonds. The molecule has 2 unspecified atom stereocenters. The molecule has 2 rings (SSSR count). The summed E-state index contributed by atoms with van der Waals surface area (Å²) >= 11 is 0. The largest absolute Gasteiger partial charge is 0.391 e.